The first-order valence-corrected chi connectivity index (χ1v) is 4.79. The van der Waals surface area contributed by atoms with Crippen LogP contribution in [0.25, 0.3) is 0 Å². The van der Waals surface area contributed by atoms with Gasteiger partial charge in [-0.1, -0.05) is 0 Å². The summed E-state index contributed by atoms with van der Waals surface area (Å²) in [5, 5.41) is 5.75. The van der Waals surface area contributed by atoms with Crippen molar-refractivity contribution < 1.29 is 9.53 Å². The van der Waals surface area contributed by atoms with E-state index in [-0.39, 0.29) is 11.9 Å². The van der Waals surface area contributed by atoms with E-state index in [1.807, 2.05) is 0 Å². The van der Waals surface area contributed by atoms with Crippen molar-refractivity contribution in [2.45, 2.75) is 12.5 Å². The number of hydrazine groups is 1. The molecular weight excluding hydrogens is 198 g/mol. The number of guanidine groups is 1. The molecule has 1 unspecified atom stereocenters. The van der Waals surface area contributed by atoms with Gasteiger partial charge in [-0.25, -0.2) is 10.8 Å². The van der Waals surface area contributed by atoms with E-state index in [1.165, 1.54) is 0 Å². The second-order valence-corrected chi connectivity index (χ2v) is 3.22. The van der Waals surface area contributed by atoms with Crippen LogP contribution in [0.5, 0.6) is 0 Å². The summed E-state index contributed by atoms with van der Waals surface area (Å²) >= 11 is 0. The van der Waals surface area contributed by atoms with Crippen molar-refractivity contribution in [3.05, 3.63) is 0 Å². The summed E-state index contributed by atoms with van der Waals surface area (Å²) in [5.41, 5.74) is 2.45. The van der Waals surface area contributed by atoms with Gasteiger partial charge < -0.3 is 15.4 Å². The lowest BCUT2D eigenvalue weighted by molar-refractivity contribution is -0.119. The Morgan fingerprint density at radius 2 is 2.60 bits per heavy atom. The molecule has 0 aromatic heterocycles. The maximum Gasteiger partial charge on any atom is 0.222 e. The zero-order chi connectivity index (χ0) is 11.1. The van der Waals surface area contributed by atoms with Crippen LogP contribution in [-0.4, -0.2) is 44.7 Å². The summed E-state index contributed by atoms with van der Waals surface area (Å²) in [6, 6.07) is 0.0508. The molecule has 15 heavy (non-hydrogen) atoms. The summed E-state index contributed by atoms with van der Waals surface area (Å²) in [7, 11) is 1.61. The van der Waals surface area contributed by atoms with Gasteiger partial charge in [0.1, 0.15) is 0 Å². The molecule has 0 bridgehead atoms. The van der Waals surface area contributed by atoms with Gasteiger partial charge in [0, 0.05) is 20.1 Å². The Balaban J connectivity index is 2.32. The molecular formula is C8H17N5O2. The van der Waals surface area contributed by atoms with E-state index < -0.39 is 0 Å². The number of nitrogens with zero attached hydrogens (tertiary/aromatic N) is 1. The van der Waals surface area contributed by atoms with Crippen LogP contribution < -0.4 is 21.9 Å². The minimum absolute atomic E-state index is 0.0424. The van der Waals surface area contributed by atoms with Gasteiger partial charge in [0.2, 0.25) is 11.9 Å². The number of nitrogens with two attached hydrogens (primary N) is 1. The number of carbonyl (C=O) groups is 1. The molecule has 1 amide bonds. The highest BCUT2D eigenvalue weighted by Crippen LogP contribution is 1.98. The average molecular weight is 215 g/mol. The molecule has 7 heteroatoms. The van der Waals surface area contributed by atoms with Crippen molar-refractivity contribution in [3.8, 4) is 0 Å². The first kappa shape index (κ1) is 11.7. The molecule has 1 rings (SSSR count). The lowest BCUT2D eigenvalue weighted by atomic mass is 10.2. The number of aliphatic imine (C=N–C) groups is 1. The Morgan fingerprint density at radius 1 is 1.80 bits per heavy atom. The van der Waals surface area contributed by atoms with Crippen molar-refractivity contribution in [2.24, 2.45) is 10.8 Å². The first-order valence-electron chi connectivity index (χ1n) is 4.79. The zero-order valence-electron chi connectivity index (χ0n) is 8.75. The van der Waals surface area contributed by atoms with Crippen molar-refractivity contribution in [1.82, 2.24) is 16.1 Å². The van der Waals surface area contributed by atoms with Gasteiger partial charge in [-0.15, -0.1) is 0 Å². The van der Waals surface area contributed by atoms with Crippen molar-refractivity contribution in [3.63, 3.8) is 0 Å². The summed E-state index contributed by atoms with van der Waals surface area (Å²) in [6.45, 7) is 1.66. The summed E-state index contributed by atoms with van der Waals surface area (Å²) in [6.07, 6.45) is 0.449. The molecule has 1 aliphatic rings. The van der Waals surface area contributed by atoms with E-state index >= 15 is 0 Å². The summed E-state index contributed by atoms with van der Waals surface area (Å²) in [4.78, 5) is 15.0. The Labute approximate surface area is 88.4 Å². The quantitative estimate of drug-likeness (QED) is 0.142. The highest BCUT2D eigenvalue weighted by Gasteiger charge is 2.21. The van der Waals surface area contributed by atoms with Gasteiger partial charge in [-0.3, -0.25) is 10.2 Å². The average Bonchev–Trinajstić information content (AvgIpc) is 2.63. The van der Waals surface area contributed by atoms with Crippen LogP contribution in [-0.2, 0) is 9.53 Å². The number of rotatable bonds is 4. The van der Waals surface area contributed by atoms with E-state index in [1.54, 1.807) is 7.11 Å². The third-order valence-corrected chi connectivity index (χ3v) is 2.02. The predicted octanol–water partition coefficient (Wildman–Crippen LogP) is -2.07. The second kappa shape index (κ2) is 6.20. The van der Waals surface area contributed by atoms with E-state index in [0.717, 1.165) is 0 Å². The Bertz CT molecular complexity index is 243. The first-order chi connectivity index (χ1) is 7.26. The van der Waals surface area contributed by atoms with Gasteiger partial charge in [-0.2, -0.15) is 0 Å². The zero-order valence-corrected chi connectivity index (χ0v) is 8.75. The van der Waals surface area contributed by atoms with Crippen molar-refractivity contribution >= 4 is 11.9 Å². The Kier molecular flexibility index (Phi) is 4.85. The lowest BCUT2D eigenvalue weighted by Gasteiger charge is -2.13. The fourth-order valence-electron chi connectivity index (χ4n) is 1.28. The molecule has 7 nitrogen and oxygen atoms in total. The number of methoxy groups -OCH3 is 1. The smallest absolute Gasteiger partial charge is 0.222 e. The second-order valence-electron chi connectivity index (χ2n) is 3.22. The highest BCUT2D eigenvalue weighted by molar-refractivity contribution is 5.83. The molecule has 0 saturated carbocycles. The normalized spacial score (nSPS) is 21.3. The topological polar surface area (TPSA) is 101 Å². The Hall–Kier alpha value is -1.34. The van der Waals surface area contributed by atoms with Gasteiger partial charge in [-0.05, 0) is 0 Å². The van der Waals surface area contributed by atoms with Crippen LogP contribution in [0.1, 0.15) is 6.42 Å². The largest absolute Gasteiger partial charge is 0.383 e. The van der Waals surface area contributed by atoms with Crippen LogP contribution in [0.2, 0.25) is 0 Å². The molecule has 0 aliphatic carbocycles. The molecule has 1 heterocycles. The van der Waals surface area contributed by atoms with Gasteiger partial charge in [0.15, 0.2) is 0 Å². The standard InChI is InChI=1S/C8H17N5O2/c1-15-3-2-10-8(13-9)12-6-4-7(14)11-5-6/h6H,2-5,9H2,1H3,(H,11,14)(H2,10,12,13). The number of amides is 1. The number of carbonyl (C=O) groups excluding carboxylic acids is 1. The summed E-state index contributed by atoms with van der Waals surface area (Å²) < 4.78 is 4.85. The SMILES string of the molecule is COCCN=C(NN)NC1CNC(=O)C1. The number of hydrogen-bond acceptors (Lipinski definition) is 4. The lowest BCUT2D eigenvalue weighted by Crippen LogP contribution is -2.47. The third kappa shape index (κ3) is 4.13. The van der Waals surface area contributed by atoms with Gasteiger partial charge in [0.25, 0.3) is 0 Å². The summed E-state index contributed by atoms with van der Waals surface area (Å²) in [5.74, 6) is 5.80. The minimum Gasteiger partial charge on any atom is -0.383 e. The van der Waals surface area contributed by atoms with E-state index in [9.17, 15) is 4.79 Å². The van der Waals surface area contributed by atoms with Crippen molar-refractivity contribution in [1.29, 1.82) is 0 Å². The van der Waals surface area contributed by atoms with Crippen molar-refractivity contribution in [2.75, 3.05) is 26.8 Å². The van der Waals surface area contributed by atoms with E-state index in [4.69, 9.17) is 10.6 Å². The maximum absolute atomic E-state index is 10.9. The fraction of sp³-hybridized carbons (Fsp3) is 0.750. The third-order valence-electron chi connectivity index (χ3n) is 2.02. The van der Waals surface area contributed by atoms with Crippen LogP contribution in [0.4, 0.5) is 0 Å². The molecule has 86 valence electrons. The molecule has 0 aromatic carbocycles. The molecule has 1 atom stereocenters. The monoisotopic (exact) mass is 215 g/mol. The van der Waals surface area contributed by atoms with Crippen LogP contribution in [0, 0.1) is 0 Å². The minimum atomic E-state index is 0.0424. The van der Waals surface area contributed by atoms with E-state index in [0.29, 0.717) is 32.1 Å². The highest BCUT2D eigenvalue weighted by atomic mass is 16.5. The molecule has 5 N–H and O–H groups in total. The predicted molar refractivity (Wildman–Crippen MR) is 56.1 cm³/mol. The number of ether oxygens (including phenoxy) is 1. The Morgan fingerprint density at radius 3 is 3.13 bits per heavy atom. The van der Waals surface area contributed by atoms with Crippen LogP contribution >= 0.6 is 0 Å². The molecule has 1 saturated heterocycles. The van der Waals surface area contributed by atoms with Crippen LogP contribution in [0.3, 0.4) is 0 Å². The van der Waals surface area contributed by atoms with Gasteiger partial charge >= 0.3 is 0 Å². The van der Waals surface area contributed by atoms with Gasteiger partial charge in [0.05, 0.1) is 19.2 Å². The molecule has 1 fully saturated rings. The van der Waals surface area contributed by atoms with E-state index in [2.05, 4.69) is 21.1 Å². The van der Waals surface area contributed by atoms with Crippen LogP contribution in [0.15, 0.2) is 4.99 Å². The number of nitrogens with one attached hydrogen (secondary N) is 3. The molecule has 0 aromatic rings. The fourth-order valence-corrected chi connectivity index (χ4v) is 1.28. The molecule has 0 spiro atoms. The molecule has 1 aliphatic heterocycles. The molecule has 0 radical (unpaired) electrons. The number of hydrogen-bond donors (Lipinski definition) is 4. The maximum atomic E-state index is 10.9.